The van der Waals surface area contributed by atoms with Gasteiger partial charge in [-0.15, -0.1) is 0 Å². The number of carboxylic acids is 1. The number of aromatic nitrogens is 1. The number of halogens is 1. The number of rotatable bonds is 3. The predicted octanol–water partition coefficient (Wildman–Crippen LogP) is 2.73. The van der Waals surface area contributed by atoms with Crippen LogP contribution in [0, 0.1) is 13.8 Å². The molecule has 0 radical (unpaired) electrons. The highest BCUT2D eigenvalue weighted by atomic mass is 35.5. The Bertz CT molecular complexity index is 734. The van der Waals surface area contributed by atoms with Crippen LogP contribution in [-0.4, -0.2) is 15.6 Å². The summed E-state index contributed by atoms with van der Waals surface area (Å²) < 4.78 is 1.79. The van der Waals surface area contributed by atoms with E-state index < -0.39 is 5.97 Å². The standard InChI is InChI=1S/C15H14ClNO3/c1-9-3-4-12(16)7-13(9)17-8-11(6-15(19)20)14(18)5-10(17)2/h3-5,7-8H,6H2,1-2H3,(H,19,20). The maximum absolute atomic E-state index is 11.8. The molecule has 0 aliphatic heterocycles. The number of hydrogen-bond donors (Lipinski definition) is 1. The maximum Gasteiger partial charge on any atom is 0.308 e. The van der Waals surface area contributed by atoms with Crippen LogP contribution in [-0.2, 0) is 11.2 Å². The minimum atomic E-state index is -1.03. The van der Waals surface area contributed by atoms with Gasteiger partial charge in [-0.3, -0.25) is 9.59 Å². The summed E-state index contributed by atoms with van der Waals surface area (Å²) >= 11 is 6.01. The summed E-state index contributed by atoms with van der Waals surface area (Å²) in [5.41, 5.74) is 2.54. The van der Waals surface area contributed by atoms with Gasteiger partial charge < -0.3 is 9.67 Å². The van der Waals surface area contributed by atoms with Gasteiger partial charge in [0.05, 0.1) is 6.42 Å². The predicted molar refractivity (Wildman–Crippen MR) is 77.9 cm³/mol. The van der Waals surface area contributed by atoms with Crippen LogP contribution < -0.4 is 5.43 Å². The SMILES string of the molecule is Cc1ccc(Cl)cc1-n1cc(CC(=O)O)c(=O)cc1C. The Kier molecular flexibility index (Phi) is 3.95. The molecule has 0 bridgehead atoms. The highest BCUT2D eigenvalue weighted by Gasteiger charge is 2.10. The van der Waals surface area contributed by atoms with E-state index >= 15 is 0 Å². The molecule has 5 heteroatoms. The Morgan fingerprint density at radius 1 is 1.30 bits per heavy atom. The summed E-state index contributed by atoms with van der Waals surface area (Å²) in [5, 5.41) is 9.44. The first kappa shape index (κ1) is 14.3. The molecule has 2 aromatic rings. The second-order valence-corrected chi connectivity index (χ2v) is 5.11. The van der Waals surface area contributed by atoms with Crippen molar-refractivity contribution in [3.8, 4) is 5.69 Å². The molecule has 104 valence electrons. The minimum Gasteiger partial charge on any atom is -0.481 e. The van der Waals surface area contributed by atoms with Crippen molar-refractivity contribution >= 4 is 17.6 Å². The average Bonchev–Trinajstić information content (AvgIpc) is 2.35. The van der Waals surface area contributed by atoms with Crippen LogP contribution in [0.2, 0.25) is 5.02 Å². The van der Waals surface area contributed by atoms with Crippen LogP contribution in [0.1, 0.15) is 16.8 Å². The Morgan fingerprint density at radius 3 is 2.65 bits per heavy atom. The first-order valence-electron chi connectivity index (χ1n) is 6.09. The number of hydrogen-bond acceptors (Lipinski definition) is 2. The fraction of sp³-hybridized carbons (Fsp3) is 0.200. The monoisotopic (exact) mass is 291 g/mol. The molecular formula is C15H14ClNO3. The van der Waals surface area contributed by atoms with Crippen molar-refractivity contribution in [3.63, 3.8) is 0 Å². The van der Waals surface area contributed by atoms with Gasteiger partial charge in [-0.2, -0.15) is 0 Å². The van der Waals surface area contributed by atoms with E-state index in [1.807, 2.05) is 13.0 Å². The number of carboxylic acid groups (broad SMARTS) is 1. The third-order valence-electron chi connectivity index (χ3n) is 3.09. The molecular weight excluding hydrogens is 278 g/mol. The lowest BCUT2D eigenvalue weighted by Gasteiger charge is -2.15. The lowest BCUT2D eigenvalue weighted by atomic mass is 10.1. The molecule has 0 aliphatic carbocycles. The Morgan fingerprint density at radius 2 is 2.00 bits per heavy atom. The largest absolute Gasteiger partial charge is 0.481 e. The van der Waals surface area contributed by atoms with Crippen molar-refractivity contribution in [1.82, 2.24) is 4.57 Å². The highest BCUT2D eigenvalue weighted by Crippen LogP contribution is 2.20. The number of nitrogens with zero attached hydrogens (tertiary/aromatic N) is 1. The summed E-state index contributed by atoms with van der Waals surface area (Å²) in [7, 11) is 0. The molecule has 4 nitrogen and oxygen atoms in total. The smallest absolute Gasteiger partial charge is 0.308 e. The summed E-state index contributed by atoms with van der Waals surface area (Å²) in [6.45, 7) is 3.73. The zero-order valence-electron chi connectivity index (χ0n) is 11.2. The van der Waals surface area contributed by atoms with Crippen LogP contribution >= 0.6 is 11.6 Å². The van der Waals surface area contributed by atoms with E-state index in [-0.39, 0.29) is 17.4 Å². The van der Waals surface area contributed by atoms with Crippen LogP contribution in [0.3, 0.4) is 0 Å². The Balaban J connectivity index is 2.64. The van der Waals surface area contributed by atoms with E-state index in [2.05, 4.69) is 0 Å². The van der Waals surface area contributed by atoms with Crippen LogP contribution in [0.15, 0.2) is 35.3 Å². The van der Waals surface area contributed by atoms with Crippen LogP contribution in [0.4, 0.5) is 0 Å². The molecule has 0 amide bonds. The molecule has 0 unspecified atom stereocenters. The number of aliphatic carboxylic acids is 1. The van der Waals surface area contributed by atoms with Crippen LogP contribution in [0.5, 0.6) is 0 Å². The first-order chi connectivity index (χ1) is 9.38. The average molecular weight is 292 g/mol. The fourth-order valence-corrected chi connectivity index (χ4v) is 2.24. The van der Waals surface area contributed by atoms with Crippen molar-refractivity contribution in [2.24, 2.45) is 0 Å². The molecule has 1 heterocycles. The third-order valence-corrected chi connectivity index (χ3v) is 3.33. The lowest BCUT2D eigenvalue weighted by Crippen LogP contribution is -2.17. The van der Waals surface area contributed by atoms with E-state index in [1.165, 1.54) is 6.07 Å². The zero-order chi connectivity index (χ0) is 14.9. The second kappa shape index (κ2) is 5.51. The Labute approximate surface area is 121 Å². The maximum atomic E-state index is 11.8. The van der Waals surface area contributed by atoms with Crippen molar-refractivity contribution in [2.75, 3.05) is 0 Å². The fourth-order valence-electron chi connectivity index (χ4n) is 2.07. The molecule has 1 N–H and O–H groups in total. The number of benzene rings is 1. The van der Waals surface area contributed by atoms with Gasteiger partial charge in [-0.05, 0) is 31.5 Å². The number of pyridine rings is 1. The molecule has 0 spiro atoms. The zero-order valence-corrected chi connectivity index (χ0v) is 11.9. The molecule has 20 heavy (non-hydrogen) atoms. The van der Waals surface area contributed by atoms with E-state index in [9.17, 15) is 9.59 Å². The van der Waals surface area contributed by atoms with Crippen molar-refractivity contribution in [2.45, 2.75) is 20.3 Å². The third kappa shape index (κ3) is 2.91. The summed E-state index contributed by atoms with van der Waals surface area (Å²) in [6, 6.07) is 6.90. The first-order valence-corrected chi connectivity index (χ1v) is 6.47. The molecule has 0 aliphatic rings. The van der Waals surface area contributed by atoms with Crippen molar-refractivity contribution in [1.29, 1.82) is 0 Å². The van der Waals surface area contributed by atoms with E-state index in [0.717, 1.165) is 16.9 Å². The van der Waals surface area contributed by atoms with E-state index in [0.29, 0.717) is 5.02 Å². The van der Waals surface area contributed by atoms with Gasteiger partial charge in [0, 0.05) is 34.2 Å². The van der Waals surface area contributed by atoms with Crippen LogP contribution in [0.25, 0.3) is 5.69 Å². The van der Waals surface area contributed by atoms with Crippen molar-refractivity contribution in [3.05, 3.63) is 62.5 Å². The molecule has 1 aromatic heterocycles. The van der Waals surface area contributed by atoms with Gasteiger partial charge in [-0.25, -0.2) is 0 Å². The summed E-state index contributed by atoms with van der Waals surface area (Å²) in [5.74, 6) is -1.03. The quantitative estimate of drug-likeness (QED) is 0.946. The van der Waals surface area contributed by atoms with Gasteiger partial charge >= 0.3 is 5.97 Å². The lowest BCUT2D eigenvalue weighted by molar-refractivity contribution is -0.136. The van der Waals surface area contributed by atoms with Crippen molar-refractivity contribution < 1.29 is 9.90 Å². The summed E-state index contributed by atoms with van der Waals surface area (Å²) in [6.07, 6.45) is 1.28. The topological polar surface area (TPSA) is 59.3 Å². The van der Waals surface area contributed by atoms with Gasteiger partial charge in [0.1, 0.15) is 0 Å². The van der Waals surface area contributed by atoms with Gasteiger partial charge in [0.15, 0.2) is 5.43 Å². The number of aryl methyl sites for hydroxylation is 2. The van der Waals surface area contributed by atoms with E-state index in [1.54, 1.807) is 29.8 Å². The second-order valence-electron chi connectivity index (χ2n) is 4.68. The molecule has 0 saturated carbocycles. The Hall–Kier alpha value is -2.07. The van der Waals surface area contributed by atoms with Gasteiger partial charge in [0.25, 0.3) is 0 Å². The normalized spacial score (nSPS) is 10.6. The van der Waals surface area contributed by atoms with Gasteiger partial charge in [-0.1, -0.05) is 17.7 Å². The van der Waals surface area contributed by atoms with E-state index in [4.69, 9.17) is 16.7 Å². The highest BCUT2D eigenvalue weighted by molar-refractivity contribution is 6.30. The molecule has 0 atom stereocenters. The molecule has 1 aromatic carbocycles. The molecule has 0 saturated heterocycles. The number of carbonyl (C=O) groups is 1. The van der Waals surface area contributed by atoms with Gasteiger partial charge in [0.2, 0.25) is 0 Å². The minimum absolute atomic E-state index is 0.252. The molecule has 2 rings (SSSR count). The molecule has 0 fully saturated rings. The summed E-state index contributed by atoms with van der Waals surface area (Å²) in [4.78, 5) is 22.6.